The largest absolute Gasteiger partial charge is 0.483 e. The Morgan fingerprint density at radius 1 is 1.16 bits per heavy atom. The molecule has 3 aromatic rings. The molecule has 1 amide bonds. The van der Waals surface area contributed by atoms with Crippen molar-refractivity contribution >= 4 is 40.0 Å². The summed E-state index contributed by atoms with van der Waals surface area (Å²) >= 11 is 2.68. The van der Waals surface area contributed by atoms with Crippen LogP contribution in [0.5, 0.6) is 5.75 Å². The monoisotopic (exact) mass is 544 g/mol. The highest BCUT2D eigenvalue weighted by molar-refractivity contribution is 7.99. The number of carbonyl (C=O) groups excluding carboxylic acids is 2. The lowest BCUT2D eigenvalue weighted by Gasteiger charge is -2.20. The topological polar surface area (TPSA) is 95.3 Å². The summed E-state index contributed by atoms with van der Waals surface area (Å²) in [6.07, 6.45) is 0.362. The van der Waals surface area contributed by atoms with E-state index in [1.54, 1.807) is 0 Å². The molecule has 200 valence electrons. The van der Waals surface area contributed by atoms with Crippen LogP contribution in [0.2, 0.25) is 0 Å². The maximum Gasteiger partial charge on any atom is 0.341 e. The molecule has 0 aliphatic carbocycles. The van der Waals surface area contributed by atoms with Gasteiger partial charge in [-0.1, -0.05) is 51.6 Å². The Morgan fingerprint density at radius 2 is 1.84 bits per heavy atom. The number of benzene rings is 1. The Balaban J connectivity index is 1.67. The number of methoxy groups -OCH3 is 1. The summed E-state index contributed by atoms with van der Waals surface area (Å²) in [6.45, 7) is 15.0. The lowest BCUT2D eigenvalue weighted by atomic mass is 9.87. The molecule has 10 heteroatoms. The van der Waals surface area contributed by atoms with Gasteiger partial charge in [-0.25, -0.2) is 4.79 Å². The third kappa shape index (κ3) is 6.73. The zero-order valence-electron chi connectivity index (χ0n) is 22.8. The second kappa shape index (κ2) is 12.1. The Hall–Kier alpha value is -2.85. The number of amides is 1. The third-order valence-corrected chi connectivity index (χ3v) is 8.03. The average molecular weight is 545 g/mol. The molecule has 1 atom stereocenters. The summed E-state index contributed by atoms with van der Waals surface area (Å²) in [5, 5.41) is 12.7. The average Bonchev–Trinajstić information content (AvgIpc) is 3.41. The van der Waals surface area contributed by atoms with E-state index in [1.807, 2.05) is 44.4 Å². The third-order valence-electron chi connectivity index (χ3n) is 6.00. The van der Waals surface area contributed by atoms with E-state index in [-0.39, 0.29) is 23.2 Å². The molecule has 3 rings (SSSR count). The Kier molecular flexibility index (Phi) is 9.41. The van der Waals surface area contributed by atoms with Gasteiger partial charge in [-0.15, -0.1) is 21.5 Å². The molecule has 2 aromatic heterocycles. The van der Waals surface area contributed by atoms with Crippen LogP contribution in [0.15, 0.2) is 29.4 Å². The van der Waals surface area contributed by atoms with E-state index in [1.165, 1.54) is 35.8 Å². The summed E-state index contributed by atoms with van der Waals surface area (Å²) in [5.74, 6) is 0.912. The first-order valence-electron chi connectivity index (χ1n) is 12.3. The van der Waals surface area contributed by atoms with Crippen molar-refractivity contribution in [2.24, 2.45) is 0 Å². The van der Waals surface area contributed by atoms with Crippen LogP contribution in [0.1, 0.15) is 79.8 Å². The fourth-order valence-corrected chi connectivity index (χ4v) is 5.96. The SMILES string of the molecule is CCc1c(C)sc(NC(=O)CSc2nnc(C(C)Oc3ccc(C(C)(C)C)cc3)n2CC)c1C(=O)OC. The van der Waals surface area contributed by atoms with Gasteiger partial charge in [0.15, 0.2) is 17.1 Å². The number of thiophene rings is 1. The minimum absolute atomic E-state index is 0.0758. The Labute approximate surface area is 227 Å². The molecular weight excluding hydrogens is 508 g/mol. The van der Waals surface area contributed by atoms with Gasteiger partial charge in [0.25, 0.3) is 0 Å². The first-order chi connectivity index (χ1) is 17.5. The maximum absolute atomic E-state index is 12.8. The number of nitrogens with one attached hydrogen (secondary N) is 1. The predicted octanol–water partition coefficient (Wildman–Crippen LogP) is 6.19. The van der Waals surface area contributed by atoms with Crippen LogP contribution >= 0.6 is 23.1 Å². The van der Waals surface area contributed by atoms with Crippen LogP contribution < -0.4 is 10.1 Å². The number of ether oxygens (including phenoxy) is 2. The highest BCUT2D eigenvalue weighted by Crippen LogP contribution is 2.34. The zero-order valence-corrected chi connectivity index (χ0v) is 24.4. The second-order valence-electron chi connectivity index (χ2n) is 9.64. The van der Waals surface area contributed by atoms with Gasteiger partial charge in [-0.2, -0.15) is 0 Å². The second-order valence-corrected chi connectivity index (χ2v) is 11.8. The van der Waals surface area contributed by atoms with E-state index in [2.05, 4.69) is 48.4 Å². The predicted molar refractivity (Wildman–Crippen MR) is 149 cm³/mol. The summed E-state index contributed by atoms with van der Waals surface area (Å²) in [6, 6.07) is 8.11. The van der Waals surface area contributed by atoms with E-state index < -0.39 is 5.97 Å². The van der Waals surface area contributed by atoms with Gasteiger partial charge in [0.05, 0.1) is 18.4 Å². The first kappa shape index (κ1) is 28.7. The molecule has 8 nitrogen and oxygen atoms in total. The molecule has 0 aliphatic heterocycles. The number of aromatic nitrogens is 3. The van der Waals surface area contributed by atoms with Gasteiger partial charge in [0.1, 0.15) is 10.8 Å². The van der Waals surface area contributed by atoms with Crippen molar-refractivity contribution < 1.29 is 19.1 Å². The Bertz CT molecular complexity index is 1240. The Morgan fingerprint density at radius 3 is 2.41 bits per heavy atom. The minimum Gasteiger partial charge on any atom is -0.483 e. The summed E-state index contributed by atoms with van der Waals surface area (Å²) in [4.78, 5) is 26.1. The van der Waals surface area contributed by atoms with Crippen molar-refractivity contribution in [2.75, 3.05) is 18.2 Å². The molecule has 0 aliphatic rings. The lowest BCUT2D eigenvalue weighted by Crippen LogP contribution is -2.17. The molecule has 0 fully saturated rings. The summed E-state index contributed by atoms with van der Waals surface area (Å²) < 4.78 is 13.0. The molecule has 1 aromatic carbocycles. The van der Waals surface area contributed by atoms with Crippen molar-refractivity contribution in [3.63, 3.8) is 0 Å². The van der Waals surface area contributed by atoms with Gasteiger partial charge in [-0.05, 0) is 55.9 Å². The van der Waals surface area contributed by atoms with Crippen LogP contribution in [0.3, 0.4) is 0 Å². The van der Waals surface area contributed by atoms with Gasteiger partial charge in [0.2, 0.25) is 5.91 Å². The molecule has 37 heavy (non-hydrogen) atoms. The highest BCUT2D eigenvalue weighted by atomic mass is 32.2. The molecule has 0 radical (unpaired) electrons. The van der Waals surface area contributed by atoms with Crippen molar-refractivity contribution in [3.05, 3.63) is 51.7 Å². The number of carbonyl (C=O) groups is 2. The number of esters is 1. The summed E-state index contributed by atoms with van der Waals surface area (Å²) in [5.41, 5.74) is 2.65. The number of thioether (sulfide) groups is 1. The van der Waals surface area contributed by atoms with Gasteiger partial charge < -0.3 is 19.4 Å². The minimum atomic E-state index is -0.443. The van der Waals surface area contributed by atoms with Crippen LogP contribution in [0, 0.1) is 6.92 Å². The number of rotatable bonds is 10. The highest BCUT2D eigenvalue weighted by Gasteiger charge is 2.24. The van der Waals surface area contributed by atoms with Crippen molar-refractivity contribution in [2.45, 2.75) is 78.1 Å². The lowest BCUT2D eigenvalue weighted by molar-refractivity contribution is -0.113. The summed E-state index contributed by atoms with van der Waals surface area (Å²) in [7, 11) is 1.34. The molecule has 1 N–H and O–H groups in total. The number of hydrogen-bond donors (Lipinski definition) is 1. The van der Waals surface area contributed by atoms with Crippen molar-refractivity contribution in [3.8, 4) is 5.75 Å². The van der Waals surface area contributed by atoms with Gasteiger partial charge >= 0.3 is 5.97 Å². The van der Waals surface area contributed by atoms with Crippen LogP contribution in [-0.2, 0) is 27.9 Å². The molecule has 0 spiro atoms. The molecule has 0 bridgehead atoms. The van der Waals surface area contributed by atoms with Crippen molar-refractivity contribution in [1.82, 2.24) is 14.8 Å². The standard InChI is InChI=1S/C27H36N4O4S2/c1-9-20-17(4)37-24(22(20)25(33)34-8)28-21(32)15-36-26-30-29-23(31(26)10-2)16(3)35-19-13-11-18(12-14-19)27(5,6)7/h11-14,16H,9-10,15H2,1-8H3,(H,28,32). The first-order valence-corrected chi connectivity index (χ1v) is 14.1. The zero-order chi connectivity index (χ0) is 27.3. The van der Waals surface area contributed by atoms with E-state index in [0.29, 0.717) is 34.5 Å². The fourth-order valence-electron chi connectivity index (χ4n) is 4.00. The molecule has 2 heterocycles. The number of hydrogen-bond acceptors (Lipinski definition) is 8. The molecule has 0 saturated carbocycles. The molecule has 1 unspecified atom stereocenters. The number of nitrogens with zero attached hydrogens (tertiary/aromatic N) is 3. The van der Waals surface area contributed by atoms with Crippen LogP contribution in [0.25, 0.3) is 0 Å². The number of aryl methyl sites for hydroxylation is 1. The van der Waals surface area contributed by atoms with Crippen LogP contribution in [0.4, 0.5) is 5.00 Å². The van der Waals surface area contributed by atoms with E-state index in [9.17, 15) is 9.59 Å². The fraction of sp³-hybridized carbons (Fsp3) is 0.481. The number of anilines is 1. The maximum atomic E-state index is 12.8. The van der Waals surface area contributed by atoms with Crippen molar-refractivity contribution in [1.29, 1.82) is 0 Å². The van der Waals surface area contributed by atoms with Gasteiger partial charge in [0, 0.05) is 11.4 Å². The normalized spacial score (nSPS) is 12.3. The van der Waals surface area contributed by atoms with E-state index >= 15 is 0 Å². The molecular formula is C27H36N4O4S2. The quantitative estimate of drug-likeness (QED) is 0.240. The van der Waals surface area contributed by atoms with E-state index in [0.717, 1.165) is 16.2 Å². The van der Waals surface area contributed by atoms with E-state index in [4.69, 9.17) is 9.47 Å². The molecule has 0 saturated heterocycles. The van der Waals surface area contributed by atoms with Gasteiger partial charge in [-0.3, -0.25) is 4.79 Å². The smallest absolute Gasteiger partial charge is 0.341 e. The van der Waals surface area contributed by atoms with Crippen LogP contribution in [-0.4, -0.2) is 39.5 Å².